The minimum Gasteiger partial charge on any atom is -0.341 e. The van der Waals surface area contributed by atoms with Crippen LogP contribution in [0.3, 0.4) is 0 Å². The topological polar surface area (TPSA) is 69.7 Å². The summed E-state index contributed by atoms with van der Waals surface area (Å²) in [4.78, 5) is 16.9. The molecule has 0 saturated carbocycles. The van der Waals surface area contributed by atoms with Crippen molar-refractivity contribution in [2.45, 2.75) is 30.7 Å². The number of halogens is 1. The molecule has 6 nitrogen and oxygen atoms in total. The molecule has 0 spiro atoms. The van der Waals surface area contributed by atoms with Gasteiger partial charge in [-0.15, -0.1) is 0 Å². The van der Waals surface area contributed by atoms with Gasteiger partial charge in [0.25, 0.3) is 0 Å². The van der Waals surface area contributed by atoms with E-state index in [1.165, 1.54) is 13.1 Å². The van der Waals surface area contributed by atoms with Gasteiger partial charge in [0, 0.05) is 44.7 Å². The van der Waals surface area contributed by atoms with Gasteiger partial charge >= 0.3 is 0 Å². The summed E-state index contributed by atoms with van der Waals surface area (Å²) in [7, 11) is -2.08. The first-order valence-corrected chi connectivity index (χ1v) is 11.6. The fraction of sp³-hybridized carbons (Fsp3) is 0.409. The molecule has 2 aromatic rings. The van der Waals surface area contributed by atoms with Crippen molar-refractivity contribution in [3.63, 3.8) is 0 Å². The van der Waals surface area contributed by atoms with Crippen LogP contribution >= 0.6 is 0 Å². The largest absolute Gasteiger partial charge is 0.341 e. The van der Waals surface area contributed by atoms with Crippen molar-refractivity contribution in [2.24, 2.45) is 0 Å². The molecule has 0 atom stereocenters. The third kappa shape index (κ3) is 5.87. The molecule has 1 heterocycles. The molecule has 0 bridgehead atoms. The second kappa shape index (κ2) is 10.1. The molecule has 1 aliphatic rings. The lowest BCUT2D eigenvalue weighted by Crippen LogP contribution is -2.35. The number of benzene rings is 2. The molecular weight excluding hydrogens is 405 g/mol. The SMILES string of the molecule is CNS(=O)(=O)c1ccc(CCC(=O)N2CCCN(Cc3ccccc3F)CC2)cc1. The number of hydrogen-bond donors (Lipinski definition) is 1. The van der Waals surface area contributed by atoms with Crippen molar-refractivity contribution >= 4 is 15.9 Å². The summed E-state index contributed by atoms with van der Waals surface area (Å²) in [5.41, 5.74) is 1.61. The predicted molar refractivity (Wildman–Crippen MR) is 114 cm³/mol. The zero-order chi connectivity index (χ0) is 21.6. The Bertz CT molecular complexity index is 964. The highest BCUT2D eigenvalue weighted by atomic mass is 32.2. The number of nitrogens with zero attached hydrogens (tertiary/aromatic N) is 2. The average molecular weight is 434 g/mol. The Morgan fingerprint density at radius 3 is 2.47 bits per heavy atom. The van der Waals surface area contributed by atoms with Gasteiger partial charge in [-0.3, -0.25) is 9.69 Å². The summed E-state index contributed by atoms with van der Waals surface area (Å²) in [6.07, 6.45) is 1.80. The van der Waals surface area contributed by atoms with Gasteiger partial charge in [0.2, 0.25) is 15.9 Å². The van der Waals surface area contributed by atoms with Gasteiger partial charge in [0.15, 0.2) is 0 Å². The lowest BCUT2D eigenvalue weighted by molar-refractivity contribution is -0.131. The molecule has 1 N–H and O–H groups in total. The van der Waals surface area contributed by atoms with Gasteiger partial charge in [-0.05, 0) is 43.7 Å². The minimum atomic E-state index is -3.45. The summed E-state index contributed by atoms with van der Waals surface area (Å²) in [6, 6.07) is 13.4. The molecule has 162 valence electrons. The molecule has 1 aliphatic heterocycles. The normalized spacial score (nSPS) is 15.7. The highest BCUT2D eigenvalue weighted by Gasteiger charge is 2.20. The maximum atomic E-state index is 13.9. The van der Waals surface area contributed by atoms with Crippen LogP contribution in [0, 0.1) is 5.82 Å². The van der Waals surface area contributed by atoms with Gasteiger partial charge in [-0.1, -0.05) is 30.3 Å². The summed E-state index contributed by atoms with van der Waals surface area (Å²) in [5.74, 6) is -0.0992. The van der Waals surface area contributed by atoms with E-state index in [0.717, 1.165) is 25.1 Å². The van der Waals surface area contributed by atoms with Crippen molar-refractivity contribution in [3.8, 4) is 0 Å². The van der Waals surface area contributed by atoms with E-state index >= 15 is 0 Å². The van der Waals surface area contributed by atoms with Crippen LogP contribution < -0.4 is 4.72 Å². The minimum absolute atomic E-state index is 0.0923. The fourth-order valence-corrected chi connectivity index (χ4v) is 4.34. The number of carbonyl (C=O) groups excluding carboxylic acids is 1. The van der Waals surface area contributed by atoms with Crippen molar-refractivity contribution in [1.82, 2.24) is 14.5 Å². The first-order valence-electron chi connectivity index (χ1n) is 10.1. The van der Waals surface area contributed by atoms with E-state index in [1.54, 1.807) is 36.4 Å². The molecule has 1 saturated heterocycles. The van der Waals surface area contributed by atoms with E-state index in [2.05, 4.69) is 9.62 Å². The molecule has 3 rings (SSSR count). The van der Waals surface area contributed by atoms with Crippen LogP contribution in [0.4, 0.5) is 4.39 Å². The van der Waals surface area contributed by atoms with Gasteiger partial charge in [-0.25, -0.2) is 17.5 Å². The maximum absolute atomic E-state index is 13.9. The van der Waals surface area contributed by atoms with E-state index in [1.807, 2.05) is 11.0 Å². The monoisotopic (exact) mass is 433 g/mol. The second-order valence-electron chi connectivity index (χ2n) is 7.45. The van der Waals surface area contributed by atoms with Crippen molar-refractivity contribution in [2.75, 3.05) is 33.2 Å². The van der Waals surface area contributed by atoms with E-state index < -0.39 is 10.0 Å². The highest BCUT2D eigenvalue weighted by Crippen LogP contribution is 2.15. The van der Waals surface area contributed by atoms with E-state index in [4.69, 9.17) is 0 Å². The lowest BCUT2D eigenvalue weighted by Gasteiger charge is -2.22. The Labute approximate surface area is 177 Å². The Balaban J connectivity index is 1.50. The summed E-state index contributed by atoms with van der Waals surface area (Å²) in [5, 5.41) is 0. The predicted octanol–water partition coefficient (Wildman–Crippen LogP) is 2.40. The Morgan fingerprint density at radius 1 is 1.03 bits per heavy atom. The van der Waals surface area contributed by atoms with Gasteiger partial charge in [0.05, 0.1) is 4.90 Å². The van der Waals surface area contributed by atoms with E-state index in [9.17, 15) is 17.6 Å². The number of sulfonamides is 1. The van der Waals surface area contributed by atoms with Crippen LogP contribution in [-0.4, -0.2) is 57.4 Å². The number of aryl methyl sites for hydroxylation is 1. The summed E-state index contributed by atoms with van der Waals surface area (Å²) >= 11 is 0. The molecule has 0 radical (unpaired) electrons. The van der Waals surface area contributed by atoms with Crippen LogP contribution in [0.25, 0.3) is 0 Å². The van der Waals surface area contributed by atoms with Crippen LogP contribution in [0.5, 0.6) is 0 Å². The molecule has 2 aromatic carbocycles. The molecule has 1 amide bonds. The quantitative estimate of drug-likeness (QED) is 0.728. The standard InChI is InChI=1S/C22H28FN3O3S/c1-24-30(28,29)20-10-7-18(8-11-20)9-12-22(27)26-14-4-13-25(15-16-26)17-19-5-2-3-6-21(19)23/h2-3,5-8,10-11,24H,4,9,12-17H2,1H3. The summed E-state index contributed by atoms with van der Waals surface area (Å²) in [6.45, 7) is 3.44. The van der Waals surface area contributed by atoms with Gasteiger partial charge in [0.1, 0.15) is 5.82 Å². The van der Waals surface area contributed by atoms with E-state index in [-0.39, 0.29) is 16.6 Å². The Kier molecular flexibility index (Phi) is 7.58. The second-order valence-corrected chi connectivity index (χ2v) is 9.34. The first kappa shape index (κ1) is 22.4. The Morgan fingerprint density at radius 2 is 1.77 bits per heavy atom. The lowest BCUT2D eigenvalue weighted by atomic mass is 10.1. The van der Waals surface area contributed by atoms with Crippen LogP contribution in [0.15, 0.2) is 53.4 Å². The number of hydrogen-bond acceptors (Lipinski definition) is 4. The van der Waals surface area contributed by atoms with Gasteiger partial charge in [-0.2, -0.15) is 0 Å². The zero-order valence-corrected chi connectivity index (χ0v) is 18.0. The van der Waals surface area contributed by atoms with Crippen LogP contribution in [-0.2, 0) is 27.8 Å². The zero-order valence-electron chi connectivity index (χ0n) is 17.2. The van der Waals surface area contributed by atoms with Crippen LogP contribution in [0.1, 0.15) is 24.0 Å². The van der Waals surface area contributed by atoms with Crippen molar-refractivity contribution in [3.05, 3.63) is 65.5 Å². The third-order valence-corrected chi connectivity index (χ3v) is 6.85. The van der Waals surface area contributed by atoms with E-state index in [0.29, 0.717) is 38.0 Å². The van der Waals surface area contributed by atoms with Crippen molar-refractivity contribution in [1.29, 1.82) is 0 Å². The fourth-order valence-electron chi connectivity index (χ4n) is 3.61. The number of carbonyl (C=O) groups is 1. The first-order chi connectivity index (χ1) is 14.4. The number of rotatable bonds is 7. The number of amides is 1. The highest BCUT2D eigenvalue weighted by molar-refractivity contribution is 7.89. The van der Waals surface area contributed by atoms with Crippen LogP contribution in [0.2, 0.25) is 0 Å². The third-order valence-electron chi connectivity index (χ3n) is 5.42. The summed E-state index contributed by atoms with van der Waals surface area (Å²) < 4.78 is 39.7. The van der Waals surface area contributed by atoms with Crippen molar-refractivity contribution < 1.29 is 17.6 Å². The molecule has 0 aromatic heterocycles. The molecule has 30 heavy (non-hydrogen) atoms. The maximum Gasteiger partial charge on any atom is 0.240 e. The Hall–Kier alpha value is -2.29. The number of nitrogens with one attached hydrogen (secondary N) is 1. The average Bonchev–Trinajstić information content (AvgIpc) is 2.99. The molecule has 8 heteroatoms. The molecular formula is C22H28FN3O3S. The smallest absolute Gasteiger partial charge is 0.240 e. The molecule has 0 aliphatic carbocycles. The molecule has 0 unspecified atom stereocenters. The molecule has 1 fully saturated rings. The van der Waals surface area contributed by atoms with Gasteiger partial charge < -0.3 is 4.90 Å².